The van der Waals surface area contributed by atoms with E-state index in [1.807, 2.05) is 13.8 Å². The maximum Gasteiger partial charge on any atom is 0.163 e. The molecule has 3 rings (SSSR count). The summed E-state index contributed by atoms with van der Waals surface area (Å²) in [5.41, 5.74) is -0.282. The van der Waals surface area contributed by atoms with E-state index in [4.69, 9.17) is 18.9 Å². The summed E-state index contributed by atoms with van der Waals surface area (Å²) in [6.45, 7) is 4.76. The van der Waals surface area contributed by atoms with E-state index in [-0.39, 0.29) is 36.6 Å². The molecule has 5 atom stereocenters. The minimum atomic E-state index is -0.597. The Morgan fingerprint density at radius 1 is 1.29 bits per heavy atom. The number of hydrogen-bond acceptors (Lipinski definition) is 5. The van der Waals surface area contributed by atoms with E-state index in [1.165, 1.54) is 0 Å². The van der Waals surface area contributed by atoms with Crippen molar-refractivity contribution >= 4 is 22.6 Å². The van der Waals surface area contributed by atoms with E-state index in [1.54, 1.807) is 0 Å². The van der Waals surface area contributed by atoms with Crippen LogP contribution in [0.1, 0.15) is 39.5 Å². The number of aliphatic hydroxyl groups is 1. The van der Waals surface area contributed by atoms with E-state index in [0.29, 0.717) is 6.42 Å². The number of aliphatic hydroxyl groups excluding tert-OH is 1. The van der Waals surface area contributed by atoms with Gasteiger partial charge in [0.1, 0.15) is 11.7 Å². The highest BCUT2D eigenvalue weighted by molar-refractivity contribution is 14.1. The Bertz CT molecular complexity index is 377. The van der Waals surface area contributed by atoms with Crippen molar-refractivity contribution in [3.8, 4) is 0 Å². The van der Waals surface area contributed by atoms with Crippen LogP contribution < -0.4 is 0 Å². The molecule has 0 amide bonds. The van der Waals surface area contributed by atoms with Crippen LogP contribution in [0.5, 0.6) is 0 Å². The van der Waals surface area contributed by atoms with Crippen molar-refractivity contribution in [2.24, 2.45) is 0 Å². The van der Waals surface area contributed by atoms with Crippen LogP contribution in [0, 0.1) is 0 Å². The average molecular weight is 412 g/mol. The van der Waals surface area contributed by atoms with Gasteiger partial charge in [-0.15, -0.1) is 0 Å². The number of halogens is 1. The van der Waals surface area contributed by atoms with Crippen LogP contribution in [0.15, 0.2) is 0 Å². The van der Waals surface area contributed by atoms with E-state index in [2.05, 4.69) is 22.6 Å². The van der Waals surface area contributed by atoms with Crippen LogP contribution in [0.4, 0.5) is 0 Å². The zero-order valence-corrected chi connectivity index (χ0v) is 14.9. The molecule has 5 nitrogen and oxygen atoms in total. The van der Waals surface area contributed by atoms with Crippen molar-refractivity contribution in [2.75, 3.05) is 17.6 Å². The number of hydrogen-bond donors (Lipinski definition) is 1. The predicted octanol–water partition coefficient (Wildman–Crippen LogP) is 2.03. The van der Waals surface area contributed by atoms with Gasteiger partial charge in [-0.1, -0.05) is 22.6 Å². The Hall–Kier alpha value is 0.530. The highest BCUT2D eigenvalue weighted by Crippen LogP contribution is 2.44. The third kappa shape index (κ3) is 3.12. The van der Waals surface area contributed by atoms with Gasteiger partial charge in [-0.2, -0.15) is 0 Å². The van der Waals surface area contributed by atoms with E-state index >= 15 is 0 Å². The molecule has 1 N–H and O–H groups in total. The van der Waals surface area contributed by atoms with E-state index in [0.717, 1.165) is 30.3 Å². The number of ether oxygens (including phenoxy) is 4. The fourth-order valence-corrected chi connectivity index (χ4v) is 4.81. The number of fused-ring (bicyclic) bond motifs is 2. The molecule has 0 spiro atoms. The van der Waals surface area contributed by atoms with E-state index in [9.17, 15) is 5.11 Å². The van der Waals surface area contributed by atoms with Crippen LogP contribution in [-0.4, -0.2) is 58.6 Å². The topological polar surface area (TPSA) is 57.2 Å². The first-order chi connectivity index (χ1) is 10.00. The van der Waals surface area contributed by atoms with Crippen molar-refractivity contribution in [3.63, 3.8) is 0 Å². The third-order valence-electron chi connectivity index (χ3n) is 4.70. The molecule has 122 valence electrons. The summed E-state index contributed by atoms with van der Waals surface area (Å²) in [4.78, 5) is 0. The highest BCUT2D eigenvalue weighted by atomic mass is 127. The second-order valence-electron chi connectivity index (χ2n) is 6.71. The Morgan fingerprint density at radius 2 is 2.10 bits per heavy atom. The molecule has 3 fully saturated rings. The fourth-order valence-electron chi connectivity index (χ4n) is 3.79. The fraction of sp³-hybridized carbons (Fsp3) is 1.00. The quantitative estimate of drug-likeness (QED) is 0.568. The van der Waals surface area contributed by atoms with Gasteiger partial charge in [-0.3, -0.25) is 0 Å². The molecule has 6 heteroatoms. The van der Waals surface area contributed by atoms with Crippen molar-refractivity contribution in [1.29, 1.82) is 0 Å². The lowest BCUT2D eigenvalue weighted by Gasteiger charge is -2.42. The van der Waals surface area contributed by atoms with Crippen molar-refractivity contribution < 1.29 is 24.1 Å². The summed E-state index contributed by atoms with van der Waals surface area (Å²) in [6, 6.07) is 0. The zero-order valence-electron chi connectivity index (χ0n) is 12.7. The van der Waals surface area contributed by atoms with Gasteiger partial charge in [-0.05, 0) is 33.1 Å². The van der Waals surface area contributed by atoms with Gasteiger partial charge >= 0.3 is 0 Å². The number of rotatable bonds is 3. The second kappa shape index (κ2) is 6.20. The zero-order chi connectivity index (χ0) is 15.1. The molecule has 3 aliphatic rings. The van der Waals surface area contributed by atoms with Gasteiger partial charge < -0.3 is 24.1 Å². The molecule has 0 saturated carbocycles. The Balaban J connectivity index is 1.88. The standard InChI is InChI=1S/C15H25IO5/c1-14(2)20-11-8-15(9-16)12(4-3-7-18-15)19-10(5-6-17)13(11)21-14/h10-13,17H,3-9H2,1-2H3/t10-,11+,12+,13-,15+/m1/s1. The minimum absolute atomic E-state index is 0.0329. The van der Waals surface area contributed by atoms with Gasteiger partial charge in [0.05, 0.1) is 18.3 Å². The molecule has 3 saturated heterocycles. The smallest absolute Gasteiger partial charge is 0.163 e. The maximum atomic E-state index is 9.37. The molecule has 0 unspecified atom stereocenters. The van der Waals surface area contributed by atoms with Gasteiger partial charge in [0.25, 0.3) is 0 Å². The highest BCUT2D eigenvalue weighted by Gasteiger charge is 2.55. The largest absolute Gasteiger partial charge is 0.396 e. The summed E-state index contributed by atoms with van der Waals surface area (Å²) in [5, 5.41) is 9.37. The van der Waals surface area contributed by atoms with Gasteiger partial charge in [0.2, 0.25) is 0 Å². The lowest BCUT2D eigenvalue weighted by atomic mass is 9.86. The minimum Gasteiger partial charge on any atom is -0.396 e. The van der Waals surface area contributed by atoms with Crippen LogP contribution in [0.2, 0.25) is 0 Å². The first-order valence-electron chi connectivity index (χ1n) is 7.81. The van der Waals surface area contributed by atoms with Gasteiger partial charge in [0, 0.05) is 24.1 Å². The second-order valence-corrected chi connectivity index (χ2v) is 7.47. The first-order valence-corrected chi connectivity index (χ1v) is 9.34. The molecule has 0 aliphatic carbocycles. The summed E-state index contributed by atoms with van der Waals surface area (Å²) >= 11 is 2.39. The average Bonchev–Trinajstić information content (AvgIpc) is 2.68. The molecule has 0 aromatic heterocycles. The lowest BCUT2D eigenvalue weighted by Crippen LogP contribution is -2.52. The summed E-state index contributed by atoms with van der Waals surface area (Å²) in [5.74, 6) is -0.597. The molecule has 3 aliphatic heterocycles. The lowest BCUT2D eigenvalue weighted by molar-refractivity contribution is -0.213. The molecule has 21 heavy (non-hydrogen) atoms. The summed E-state index contributed by atoms with van der Waals surface area (Å²) in [6.07, 6.45) is 3.20. The van der Waals surface area contributed by atoms with Crippen LogP contribution in [0.25, 0.3) is 0 Å². The monoisotopic (exact) mass is 412 g/mol. The summed E-state index contributed by atoms with van der Waals surface area (Å²) < 4.78 is 25.6. The van der Waals surface area contributed by atoms with Gasteiger partial charge in [-0.25, -0.2) is 0 Å². The normalized spacial score (nSPS) is 45.7. The third-order valence-corrected chi connectivity index (χ3v) is 5.99. The Kier molecular flexibility index (Phi) is 4.84. The van der Waals surface area contributed by atoms with Crippen molar-refractivity contribution in [3.05, 3.63) is 0 Å². The Labute approximate surface area is 139 Å². The van der Waals surface area contributed by atoms with Crippen molar-refractivity contribution in [2.45, 2.75) is 75.3 Å². The molecular weight excluding hydrogens is 387 g/mol. The SMILES string of the molecule is CC1(C)O[C@H]2[C@H](C[C@@]3(CI)OCCC[C@@H]3O[C@@H]2CCO)O1. The molecule has 0 aromatic carbocycles. The molecule has 0 radical (unpaired) electrons. The van der Waals surface area contributed by atoms with Gasteiger partial charge in [0.15, 0.2) is 5.79 Å². The molecule has 3 heterocycles. The summed E-state index contributed by atoms with van der Waals surface area (Å²) in [7, 11) is 0. The molecular formula is C15H25IO5. The molecule has 0 aromatic rings. The van der Waals surface area contributed by atoms with Crippen LogP contribution in [0.3, 0.4) is 0 Å². The first kappa shape index (κ1) is 16.4. The predicted molar refractivity (Wildman–Crippen MR) is 85.6 cm³/mol. The maximum absolute atomic E-state index is 9.37. The number of alkyl halides is 1. The van der Waals surface area contributed by atoms with Crippen LogP contribution >= 0.6 is 22.6 Å². The van der Waals surface area contributed by atoms with E-state index < -0.39 is 5.79 Å². The Morgan fingerprint density at radius 3 is 2.81 bits per heavy atom. The molecule has 0 bridgehead atoms. The van der Waals surface area contributed by atoms with Crippen LogP contribution in [-0.2, 0) is 18.9 Å². The van der Waals surface area contributed by atoms with Crippen molar-refractivity contribution in [1.82, 2.24) is 0 Å².